The van der Waals surface area contributed by atoms with Gasteiger partial charge in [0.25, 0.3) is 0 Å². The van der Waals surface area contributed by atoms with Gasteiger partial charge in [0.1, 0.15) is 0 Å². The van der Waals surface area contributed by atoms with E-state index in [4.69, 9.17) is 15.2 Å². The third-order valence-corrected chi connectivity index (χ3v) is 5.14. The lowest BCUT2D eigenvalue weighted by molar-refractivity contribution is -0.118. The molecule has 4 nitrogen and oxygen atoms in total. The van der Waals surface area contributed by atoms with E-state index in [2.05, 4.69) is 18.7 Å². The first-order valence-electron chi connectivity index (χ1n) is 7.64. The molecule has 1 rings (SSSR count). The van der Waals surface area contributed by atoms with E-state index in [0.29, 0.717) is 18.0 Å². The van der Waals surface area contributed by atoms with E-state index in [1.165, 1.54) is 25.7 Å². The van der Waals surface area contributed by atoms with Crippen LogP contribution in [-0.4, -0.2) is 51.1 Å². The molecule has 1 atom stereocenters. The first-order valence-corrected chi connectivity index (χ1v) is 7.64. The molecule has 0 spiro atoms. The fourth-order valence-electron chi connectivity index (χ4n) is 3.23. The number of nitrogens with zero attached hydrogens (tertiary/aromatic N) is 1. The standard InChI is InChI=1S/C15H32N2O2/c1-5-15(6-2)7-9-17(10-8-15)13(12-16)11-14(18-3)19-4/h13-14H,5-12,16H2,1-4H3. The summed E-state index contributed by atoms with van der Waals surface area (Å²) in [4.78, 5) is 2.52. The Bertz CT molecular complexity index is 230. The quantitative estimate of drug-likeness (QED) is 0.688. The van der Waals surface area contributed by atoms with Crippen LogP contribution < -0.4 is 5.73 Å². The molecule has 2 N–H and O–H groups in total. The molecule has 1 aliphatic rings. The van der Waals surface area contributed by atoms with Crippen LogP contribution in [-0.2, 0) is 9.47 Å². The molecule has 1 unspecified atom stereocenters. The number of likely N-dealkylation sites (tertiary alicyclic amines) is 1. The zero-order valence-corrected chi connectivity index (χ0v) is 13.2. The second-order valence-electron chi connectivity index (χ2n) is 5.77. The van der Waals surface area contributed by atoms with Crippen molar-refractivity contribution in [1.29, 1.82) is 0 Å². The van der Waals surface area contributed by atoms with Crippen LogP contribution in [0.4, 0.5) is 0 Å². The lowest BCUT2D eigenvalue weighted by Gasteiger charge is -2.44. The molecule has 1 saturated heterocycles. The Balaban J connectivity index is 2.51. The summed E-state index contributed by atoms with van der Waals surface area (Å²) < 4.78 is 10.6. The van der Waals surface area contributed by atoms with Gasteiger partial charge in [0, 0.05) is 33.2 Å². The minimum atomic E-state index is -0.141. The second-order valence-corrected chi connectivity index (χ2v) is 5.77. The molecule has 1 aliphatic heterocycles. The van der Waals surface area contributed by atoms with Gasteiger partial charge < -0.3 is 15.2 Å². The van der Waals surface area contributed by atoms with Crippen LogP contribution in [0.1, 0.15) is 46.0 Å². The van der Waals surface area contributed by atoms with E-state index in [1.54, 1.807) is 14.2 Å². The summed E-state index contributed by atoms with van der Waals surface area (Å²) in [7, 11) is 3.38. The molecule has 19 heavy (non-hydrogen) atoms. The monoisotopic (exact) mass is 272 g/mol. The van der Waals surface area contributed by atoms with Crippen LogP contribution in [0.3, 0.4) is 0 Å². The highest BCUT2D eigenvalue weighted by atomic mass is 16.7. The van der Waals surface area contributed by atoms with Crippen molar-refractivity contribution < 1.29 is 9.47 Å². The Morgan fingerprint density at radius 1 is 1.11 bits per heavy atom. The van der Waals surface area contributed by atoms with E-state index in [1.807, 2.05) is 0 Å². The summed E-state index contributed by atoms with van der Waals surface area (Å²) in [5, 5.41) is 0. The van der Waals surface area contributed by atoms with Gasteiger partial charge >= 0.3 is 0 Å². The topological polar surface area (TPSA) is 47.7 Å². The lowest BCUT2D eigenvalue weighted by atomic mass is 9.74. The van der Waals surface area contributed by atoms with Crippen LogP contribution in [0.2, 0.25) is 0 Å². The molecule has 0 amide bonds. The SMILES string of the molecule is CCC1(CC)CCN(C(CN)CC(OC)OC)CC1. The Labute approximate surface area is 118 Å². The Hall–Kier alpha value is -0.160. The number of rotatable bonds is 8. The molecule has 0 aromatic carbocycles. The molecule has 0 radical (unpaired) electrons. The van der Waals surface area contributed by atoms with Gasteiger partial charge in [0.2, 0.25) is 0 Å². The van der Waals surface area contributed by atoms with Crippen molar-refractivity contribution in [3.8, 4) is 0 Å². The van der Waals surface area contributed by atoms with Crippen LogP contribution in [0.25, 0.3) is 0 Å². The number of methoxy groups -OCH3 is 2. The van der Waals surface area contributed by atoms with Crippen LogP contribution in [0, 0.1) is 5.41 Å². The van der Waals surface area contributed by atoms with Gasteiger partial charge in [-0.2, -0.15) is 0 Å². The van der Waals surface area contributed by atoms with E-state index >= 15 is 0 Å². The Morgan fingerprint density at radius 3 is 2.00 bits per heavy atom. The van der Waals surface area contributed by atoms with Crippen LogP contribution in [0.5, 0.6) is 0 Å². The van der Waals surface area contributed by atoms with E-state index in [9.17, 15) is 0 Å². The molecule has 4 heteroatoms. The summed E-state index contributed by atoms with van der Waals surface area (Å²) in [6.45, 7) is 7.64. The lowest BCUT2D eigenvalue weighted by Crippen LogP contribution is -2.49. The molecule has 0 bridgehead atoms. The van der Waals surface area contributed by atoms with Gasteiger partial charge in [-0.3, -0.25) is 4.90 Å². The number of hydrogen-bond acceptors (Lipinski definition) is 4. The fourth-order valence-corrected chi connectivity index (χ4v) is 3.23. The highest BCUT2D eigenvalue weighted by Gasteiger charge is 2.33. The Kier molecular flexibility index (Phi) is 7.29. The molecular formula is C15H32N2O2. The van der Waals surface area contributed by atoms with Crippen molar-refractivity contribution >= 4 is 0 Å². The smallest absolute Gasteiger partial charge is 0.158 e. The van der Waals surface area contributed by atoms with Crippen molar-refractivity contribution in [3.05, 3.63) is 0 Å². The number of hydrogen-bond donors (Lipinski definition) is 1. The Morgan fingerprint density at radius 2 is 1.63 bits per heavy atom. The molecule has 0 aromatic rings. The van der Waals surface area contributed by atoms with Crippen molar-refractivity contribution in [2.75, 3.05) is 33.9 Å². The van der Waals surface area contributed by atoms with Gasteiger partial charge in [-0.1, -0.05) is 26.7 Å². The van der Waals surface area contributed by atoms with E-state index in [-0.39, 0.29) is 6.29 Å². The van der Waals surface area contributed by atoms with E-state index in [0.717, 1.165) is 19.5 Å². The van der Waals surface area contributed by atoms with Gasteiger partial charge in [0.15, 0.2) is 6.29 Å². The van der Waals surface area contributed by atoms with Crippen LogP contribution in [0.15, 0.2) is 0 Å². The predicted molar refractivity (Wildman–Crippen MR) is 79.1 cm³/mol. The third-order valence-electron chi connectivity index (χ3n) is 5.14. The summed E-state index contributed by atoms with van der Waals surface area (Å²) >= 11 is 0. The molecule has 1 heterocycles. The fraction of sp³-hybridized carbons (Fsp3) is 1.00. The van der Waals surface area contributed by atoms with Crippen LogP contribution >= 0.6 is 0 Å². The molecular weight excluding hydrogens is 240 g/mol. The maximum Gasteiger partial charge on any atom is 0.158 e. The molecule has 0 saturated carbocycles. The second kappa shape index (κ2) is 8.20. The van der Waals surface area contributed by atoms with Crippen molar-refractivity contribution in [2.45, 2.75) is 58.3 Å². The normalized spacial score (nSPS) is 21.8. The predicted octanol–water partition coefficient (Wildman–Crippen LogP) is 2.22. The van der Waals surface area contributed by atoms with Crippen molar-refractivity contribution in [3.63, 3.8) is 0 Å². The zero-order chi connectivity index (χ0) is 14.3. The van der Waals surface area contributed by atoms with Gasteiger partial charge in [-0.05, 0) is 31.3 Å². The highest BCUT2D eigenvalue weighted by Crippen LogP contribution is 2.38. The number of nitrogens with two attached hydrogens (primary N) is 1. The minimum absolute atomic E-state index is 0.141. The van der Waals surface area contributed by atoms with Gasteiger partial charge in [-0.15, -0.1) is 0 Å². The number of ether oxygens (including phenoxy) is 2. The minimum Gasteiger partial charge on any atom is -0.356 e. The van der Waals surface area contributed by atoms with Crippen molar-refractivity contribution in [2.24, 2.45) is 11.1 Å². The molecule has 0 aliphatic carbocycles. The summed E-state index contributed by atoms with van der Waals surface area (Å²) in [6, 6.07) is 0.372. The average Bonchev–Trinajstić information content (AvgIpc) is 2.49. The average molecular weight is 272 g/mol. The molecule has 1 fully saturated rings. The summed E-state index contributed by atoms with van der Waals surface area (Å²) in [5.41, 5.74) is 6.51. The van der Waals surface area contributed by atoms with Crippen molar-refractivity contribution in [1.82, 2.24) is 4.90 Å². The first kappa shape index (κ1) is 16.9. The molecule has 0 aromatic heterocycles. The maximum absolute atomic E-state index is 5.94. The summed E-state index contributed by atoms with van der Waals surface area (Å²) in [6.07, 6.45) is 5.89. The van der Waals surface area contributed by atoms with E-state index < -0.39 is 0 Å². The third kappa shape index (κ3) is 4.42. The summed E-state index contributed by atoms with van der Waals surface area (Å²) in [5.74, 6) is 0. The van der Waals surface area contributed by atoms with Gasteiger partial charge in [-0.25, -0.2) is 0 Å². The molecule has 114 valence electrons. The first-order chi connectivity index (χ1) is 9.14. The maximum atomic E-state index is 5.94. The zero-order valence-electron chi connectivity index (χ0n) is 13.2. The number of piperidine rings is 1. The van der Waals surface area contributed by atoms with Gasteiger partial charge in [0.05, 0.1) is 0 Å². The highest BCUT2D eigenvalue weighted by molar-refractivity contribution is 4.87. The largest absolute Gasteiger partial charge is 0.356 e.